The van der Waals surface area contributed by atoms with Gasteiger partial charge in [-0.2, -0.15) is 9.29 Å². The Bertz CT molecular complexity index is 808. The van der Waals surface area contributed by atoms with Crippen LogP contribution in [0, 0.1) is 12.7 Å². The molecule has 0 saturated carbocycles. The van der Waals surface area contributed by atoms with Gasteiger partial charge in [0.15, 0.2) is 5.82 Å². The van der Waals surface area contributed by atoms with Crippen molar-refractivity contribution in [1.29, 1.82) is 0 Å². The number of nitrogens with zero attached hydrogens (tertiary/aromatic N) is 4. The zero-order chi connectivity index (χ0) is 16.6. The number of hydrogen-bond acceptors (Lipinski definition) is 6. The van der Waals surface area contributed by atoms with Crippen molar-refractivity contribution in [2.75, 3.05) is 26.7 Å². The number of benzene rings is 1. The molecule has 1 unspecified atom stereocenters. The van der Waals surface area contributed by atoms with Crippen molar-refractivity contribution in [2.24, 2.45) is 0 Å². The van der Waals surface area contributed by atoms with Gasteiger partial charge in [0, 0.05) is 19.6 Å². The Balaban J connectivity index is 1.90. The number of piperazine rings is 1. The maximum Gasteiger partial charge on any atom is 0.246 e. The van der Waals surface area contributed by atoms with E-state index in [0.717, 1.165) is 6.07 Å². The Morgan fingerprint density at radius 2 is 2.04 bits per heavy atom. The van der Waals surface area contributed by atoms with Crippen molar-refractivity contribution in [3.8, 4) is 0 Å². The lowest BCUT2D eigenvalue weighted by Gasteiger charge is -2.36. The van der Waals surface area contributed by atoms with Gasteiger partial charge in [-0.25, -0.2) is 12.8 Å². The number of hydrogen-bond donors (Lipinski definition) is 0. The fourth-order valence-electron chi connectivity index (χ4n) is 2.58. The molecule has 3 rings (SSSR count). The molecule has 7 nitrogen and oxygen atoms in total. The van der Waals surface area contributed by atoms with Crippen LogP contribution in [0.5, 0.6) is 0 Å². The maximum absolute atomic E-state index is 13.9. The third-order valence-electron chi connectivity index (χ3n) is 3.89. The van der Waals surface area contributed by atoms with Crippen molar-refractivity contribution < 1.29 is 17.3 Å². The van der Waals surface area contributed by atoms with Gasteiger partial charge in [-0.05, 0) is 26.1 Å². The third-order valence-corrected chi connectivity index (χ3v) is 5.79. The Morgan fingerprint density at radius 1 is 1.30 bits per heavy atom. The predicted octanol–water partition coefficient (Wildman–Crippen LogP) is 1.19. The van der Waals surface area contributed by atoms with Gasteiger partial charge in [0.25, 0.3) is 0 Å². The summed E-state index contributed by atoms with van der Waals surface area (Å²) < 4.78 is 45.7. The van der Waals surface area contributed by atoms with E-state index in [-0.39, 0.29) is 24.0 Å². The van der Waals surface area contributed by atoms with Crippen molar-refractivity contribution in [1.82, 2.24) is 19.3 Å². The van der Waals surface area contributed by atoms with Crippen molar-refractivity contribution in [3.05, 3.63) is 41.8 Å². The molecule has 1 aromatic heterocycles. The van der Waals surface area contributed by atoms with E-state index in [2.05, 4.69) is 10.1 Å². The SMILES string of the molecule is Cc1noc(C2CN(S(=O)(=O)c3ccccc3F)CCN2C)n1. The molecule has 0 radical (unpaired) electrons. The van der Waals surface area contributed by atoms with Crippen LogP contribution in [0.15, 0.2) is 33.7 Å². The summed E-state index contributed by atoms with van der Waals surface area (Å²) in [6.45, 7) is 2.59. The average Bonchev–Trinajstić information content (AvgIpc) is 2.94. The normalized spacial score (nSPS) is 20.7. The number of sulfonamides is 1. The second kappa shape index (κ2) is 5.99. The largest absolute Gasteiger partial charge is 0.338 e. The Kier molecular flexibility index (Phi) is 4.17. The van der Waals surface area contributed by atoms with Gasteiger partial charge in [0.2, 0.25) is 15.9 Å². The van der Waals surface area contributed by atoms with Crippen LogP contribution in [-0.2, 0) is 10.0 Å². The molecule has 1 saturated heterocycles. The summed E-state index contributed by atoms with van der Waals surface area (Å²) in [6.07, 6.45) is 0. The molecule has 0 bridgehead atoms. The number of likely N-dealkylation sites (N-methyl/N-ethyl adjacent to an activating group) is 1. The van der Waals surface area contributed by atoms with E-state index in [1.165, 1.54) is 22.5 Å². The van der Waals surface area contributed by atoms with Gasteiger partial charge >= 0.3 is 0 Å². The summed E-state index contributed by atoms with van der Waals surface area (Å²) in [6, 6.07) is 5.02. The highest BCUT2D eigenvalue weighted by Crippen LogP contribution is 2.27. The van der Waals surface area contributed by atoms with Crippen LogP contribution in [0.25, 0.3) is 0 Å². The molecular formula is C14H17FN4O3S. The zero-order valence-corrected chi connectivity index (χ0v) is 13.6. The van der Waals surface area contributed by atoms with Gasteiger partial charge < -0.3 is 4.52 Å². The highest BCUT2D eigenvalue weighted by molar-refractivity contribution is 7.89. The smallest absolute Gasteiger partial charge is 0.246 e. The Hall–Kier alpha value is -1.84. The summed E-state index contributed by atoms with van der Waals surface area (Å²) in [5.74, 6) is 0.0949. The topological polar surface area (TPSA) is 79.5 Å². The summed E-state index contributed by atoms with van der Waals surface area (Å²) in [5, 5.41) is 3.75. The Morgan fingerprint density at radius 3 is 2.70 bits per heavy atom. The van der Waals surface area contributed by atoms with Crippen molar-refractivity contribution in [2.45, 2.75) is 17.9 Å². The van der Waals surface area contributed by atoms with Gasteiger partial charge in [0.05, 0.1) is 0 Å². The van der Waals surface area contributed by atoms with E-state index in [1.807, 2.05) is 11.9 Å². The molecule has 1 aliphatic heterocycles. The molecule has 0 amide bonds. The van der Waals surface area contributed by atoms with Crippen LogP contribution >= 0.6 is 0 Å². The summed E-state index contributed by atoms with van der Waals surface area (Å²) in [7, 11) is -2.05. The second-order valence-corrected chi connectivity index (χ2v) is 7.38. The second-order valence-electron chi connectivity index (χ2n) is 5.47. The number of halogens is 1. The molecule has 1 atom stereocenters. The molecule has 0 aliphatic carbocycles. The van der Waals surface area contributed by atoms with E-state index < -0.39 is 15.8 Å². The van der Waals surface area contributed by atoms with Gasteiger partial charge in [-0.1, -0.05) is 17.3 Å². The quantitative estimate of drug-likeness (QED) is 0.835. The minimum Gasteiger partial charge on any atom is -0.338 e. The molecule has 1 fully saturated rings. The van der Waals surface area contributed by atoms with E-state index in [1.54, 1.807) is 6.92 Å². The van der Waals surface area contributed by atoms with Crippen LogP contribution in [0.4, 0.5) is 4.39 Å². The minimum atomic E-state index is -3.91. The maximum atomic E-state index is 13.9. The minimum absolute atomic E-state index is 0.134. The van der Waals surface area contributed by atoms with Crippen molar-refractivity contribution >= 4 is 10.0 Å². The van der Waals surface area contributed by atoms with E-state index in [9.17, 15) is 12.8 Å². The molecule has 9 heteroatoms. The fourth-order valence-corrected chi connectivity index (χ4v) is 4.08. The summed E-state index contributed by atoms with van der Waals surface area (Å²) >= 11 is 0. The summed E-state index contributed by atoms with van der Waals surface area (Å²) in [4.78, 5) is 5.81. The van der Waals surface area contributed by atoms with Crippen LogP contribution < -0.4 is 0 Å². The standard InChI is InChI=1S/C14H17FN4O3S/c1-10-16-14(22-17-10)12-9-19(8-7-18(12)2)23(20,21)13-6-4-3-5-11(13)15/h3-6,12H,7-9H2,1-2H3. The van der Waals surface area contributed by atoms with Crippen LogP contribution in [0.1, 0.15) is 17.8 Å². The lowest BCUT2D eigenvalue weighted by Crippen LogP contribution is -2.49. The number of rotatable bonds is 3. The summed E-state index contributed by atoms with van der Waals surface area (Å²) in [5.41, 5.74) is 0. The molecule has 0 spiro atoms. The molecule has 124 valence electrons. The molecule has 1 aromatic carbocycles. The van der Waals surface area contributed by atoms with Gasteiger partial charge in [0.1, 0.15) is 16.8 Å². The fraction of sp³-hybridized carbons (Fsp3) is 0.429. The molecule has 2 heterocycles. The average molecular weight is 340 g/mol. The first-order chi connectivity index (χ1) is 10.9. The number of aromatic nitrogens is 2. The van der Waals surface area contributed by atoms with E-state index in [0.29, 0.717) is 18.3 Å². The van der Waals surface area contributed by atoms with Crippen LogP contribution in [0.2, 0.25) is 0 Å². The Labute approximate surface area is 133 Å². The molecule has 23 heavy (non-hydrogen) atoms. The first-order valence-electron chi connectivity index (χ1n) is 7.14. The molecule has 1 aliphatic rings. The first kappa shape index (κ1) is 16.0. The van der Waals surface area contributed by atoms with Gasteiger partial charge in [-0.15, -0.1) is 0 Å². The van der Waals surface area contributed by atoms with Crippen LogP contribution in [-0.4, -0.2) is 54.4 Å². The third kappa shape index (κ3) is 2.99. The lowest BCUT2D eigenvalue weighted by atomic mass is 10.2. The first-order valence-corrected chi connectivity index (χ1v) is 8.58. The molecular weight excluding hydrogens is 323 g/mol. The lowest BCUT2D eigenvalue weighted by molar-refractivity contribution is 0.120. The van der Waals surface area contributed by atoms with Crippen molar-refractivity contribution in [3.63, 3.8) is 0 Å². The zero-order valence-electron chi connectivity index (χ0n) is 12.8. The van der Waals surface area contributed by atoms with Gasteiger partial charge in [-0.3, -0.25) is 4.90 Å². The molecule has 2 aromatic rings. The highest BCUT2D eigenvalue weighted by Gasteiger charge is 2.36. The van der Waals surface area contributed by atoms with E-state index >= 15 is 0 Å². The number of aryl methyl sites for hydroxylation is 1. The van der Waals surface area contributed by atoms with Crippen LogP contribution in [0.3, 0.4) is 0 Å². The van der Waals surface area contributed by atoms with E-state index in [4.69, 9.17) is 4.52 Å². The highest BCUT2D eigenvalue weighted by atomic mass is 32.2. The predicted molar refractivity (Wildman–Crippen MR) is 79.6 cm³/mol. The molecule has 0 N–H and O–H groups in total. The monoisotopic (exact) mass is 340 g/mol.